The van der Waals surface area contributed by atoms with E-state index in [2.05, 4.69) is 0 Å². The summed E-state index contributed by atoms with van der Waals surface area (Å²) in [4.78, 5) is 69.2. The van der Waals surface area contributed by atoms with Gasteiger partial charge in [-0.3, -0.25) is 19.2 Å². The van der Waals surface area contributed by atoms with Crippen molar-refractivity contribution >= 4 is 41.8 Å². The van der Waals surface area contributed by atoms with Crippen molar-refractivity contribution in [3.05, 3.63) is 35.4 Å². The van der Waals surface area contributed by atoms with Crippen LogP contribution >= 0.6 is 0 Å². The largest absolute Gasteiger partial charge is 0.481 e. The fourth-order valence-corrected chi connectivity index (χ4v) is 1.78. The molecule has 1 atom stereocenters. The molecule has 0 saturated carbocycles. The van der Waals surface area contributed by atoms with Gasteiger partial charge in [-0.1, -0.05) is 13.3 Å². The van der Waals surface area contributed by atoms with E-state index in [0.717, 1.165) is 6.42 Å². The predicted molar refractivity (Wildman–Crippen MR) is 141 cm³/mol. The molecule has 0 spiro atoms. The first kappa shape index (κ1) is 44.4. The molecule has 0 radical (unpaired) electrons. The topological polar surface area (TPSA) is 322 Å². The van der Waals surface area contributed by atoms with E-state index in [-0.39, 0.29) is 36.8 Å². The standard InChI is InChI=1S/C8H6O4.C6H10O4.C4H6O4.C4H10O2.C3H6O3/c9-7(10)5-1-2-6(4-3-5)8(11)12;7-5(8)3-1-2-4-6(9)10;5-3(6)1-2-4(7)8;1-2-3-4(5)6;1-2(4)3(5)6/h1-4H,(H,9,10)(H,11,12);1-4H2,(H,7,8)(H,9,10);1-2H2,(H,5,6)(H,7,8);4-6H,2-3H2,1H3;2,4H,1H3,(H,5,6). The second kappa shape index (κ2) is 27.9. The molecule has 0 amide bonds. The van der Waals surface area contributed by atoms with Crippen LogP contribution in [0.1, 0.15) is 85.9 Å². The third-order valence-corrected chi connectivity index (χ3v) is 3.87. The van der Waals surface area contributed by atoms with Crippen molar-refractivity contribution in [1.29, 1.82) is 0 Å². The molecule has 0 aliphatic rings. The third-order valence-electron chi connectivity index (χ3n) is 3.87. The smallest absolute Gasteiger partial charge is 0.335 e. The van der Waals surface area contributed by atoms with Crippen LogP contribution in [0.5, 0.6) is 0 Å². The third kappa shape index (κ3) is 39.9. The highest BCUT2D eigenvalue weighted by Crippen LogP contribution is 2.03. The molecule has 0 aromatic heterocycles. The van der Waals surface area contributed by atoms with E-state index >= 15 is 0 Å². The summed E-state index contributed by atoms with van der Waals surface area (Å²) in [7, 11) is 0. The molecule has 240 valence electrons. The Bertz CT molecular complexity index is 889. The molecule has 1 unspecified atom stereocenters. The van der Waals surface area contributed by atoms with Gasteiger partial charge in [-0.15, -0.1) is 0 Å². The van der Waals surface area contributed by atoms with Crippen molar-refractivity contribution in [2.75, 3.05) is 0 Å². The van der Waals surface area contributed by atoms with E-state index in [4.69, 9.17) is 51.1 Å². The zero-order valence-corrected chi connectivity index (χ0v) is 23.0. The van der Waals surface area contributed by atoms with Crippen molar-refractivity contribution in [2.24, 2.45) is 0 Å². The van der Waals surface area contributed by atoms with Crippen LogP contribution in [-0.4, -0.2) is 105 Å². The van der Waals surface area contributed by atoms with Crippen molar-refractivity contribution in [3.8, 4) is 0 Å². The van der Waals surface area contributed by atoms with E-state index in [1.165, 1.54) is 31.2 Å². The Hall–Kier alpha value is -4.61. The van der Waals surface area contributed by atoms with E-state index in [0.29, 0.717) is 19.3 Å². The van der Waals surface area contributed by atoms with Crippen LogP contribution in [0.25, 0.3) is 0 Å². The number of hydrogen-bond donors (Lipinski definition) is 10. The average molecular weight is 611 g/mol. The van der Waals surface area contributed by atoms with Crippen molar-refractivity contribution in [2.45, 2.75) is 77.6 Å². The van der Waals surface area contributed by atoms with Gasteiger partial charge >= 0.3 is 41.8 Å². The van der Waals surface area contributed by atoms with Gasteiger partial charge in [-0.2, -0.15) is 0 Å². The first-order valence-corrected chi connectivity index (χ1v) is 12.0. The normalized spacial score (nSPS) is 9.86. The maximum absolute atomic E-state index is 10.3. The zero-order valence-electron chi connectivity index (χ0n) is 23.0. The highest BCUT2D eigenvalue weighted by Gasteiger charge is 2.05. The fraction of sp³-hybridized carbons (Fsp3) is 0.480. The van der Waals surface area contributed by atoms with Gasteiger partial charge < -0.3 is 51.1 Å². The fourth-order valence-electron chi connectivity index (χ4n) is 1.78. The van der Waals surface area contributed by atoms with Gasteiger partial charge in [0.15, 0.2) is 6.29 Å². The number of rotatable bonds is 13. The lowest BCUT2D eigenvalue weighted by atomic mass is 10.1. The molecule has 1 aromatic rings. The Morgan fingerprint density at radius 3 is 0.952 bits per heavy atom. The summed E-state index contributed by atoms with van der Waals surface area (Å²) in [5.41, 5.74) is 0.167. The molecule has 17 heteroatoms. The molecule has 0 aliphatic carbocycles. The first-order chi connectivity index (χ1) is 19.3. The van der Waals surface area contributed by atoms with Gasteiger partial charge in [0, 0.05) is 12.8 Å². The lowest BCUT2D eigenvalue weighted by molar-refractivity contribution is -0.145. The molecule has 0 aliphatic heterocycles. The quantitative estimate of drug-likeness (QED) is 0.111. The van der Waals surface area contributed by atoms with Crippen molar-refractivity contribution in [1.82, 2.24) is 0 Å². The van der Waals surface area contributed by atoms with E-state index in [1.807, 2.05) is 6.92 Å². The second-order valence-corrected chi connectivity index (χ2v) is 7.75. The number of aliphatic hydroxyl groups excluding tert-OH is 2. The summed E-state index contributed by atoms with van der Waals surface area (Å²) >= 11 is 0. The molecule has 0 fully saturated rings. The lowest BCUT2D eigenvalue weighted by Gasteiger charge is -1.94. The average Bonchev–Trinajstić information content (AvgIpc) is 2.86. The summed E-state index contributed by atoms with van der Waals surface area (Å²) in [5, 5.41) is 81.0. The van der Waals surface area contributed by atoms with E-state index in [1.54, 1.807) is 0 Å². The number of benzene rings is 1. The molecule has 0 bridgehead atoms. The molecular weight excluding hydrogens is 572 g/mol. The van der Waals surface area contributed by atoms with Crippen LogP contribution in [0, 0.1) is 0 Å². The van der Waals surface area contributed by atoms with Gasteiger partial charge in [0.25, 0.3) is 0 Å². The Kier molecular flexibility index (Phi) is 29.5. The molecule has 17 nitrogen and oxygen atoms in total. The summed E-state index contributed by atoms with van der Waals surface area (Å²) in [6, 6.07) is 5.02. The Morgan fingerprint density at radius 1 is 0.571 bits per heavy atom. The molecule has 0 heterocycles. The second-order valence-electron chi connectivity index (χ2n) is 7.75. The van der Waals surface area contributed by atoms with Crippen LogP contribution in [0.3, 0.4) is 0 Å². The molecule has 42 heavy (non-hydrogen) atoms. The minimum atomic E-state index is -1.23. The minimum absolute atomic E-state index is 0.0628. The maximum Gasteiger partial charge on any atom is 0.335 e. The highest BCUT2D eigenvalue weighted by molar-refractivity contribution is 5.91. The number of aliphatic hydroxyl groups is 3. The van der Waals surface area contributed by atoms with Gasteiger partial charge in [0.05, 0.1) is 24.0 Å². The summed E-state index contributed by atoms with van der Waals surface area (Å²) in [6.07, 6.45) is -0.591. The number of aromatic carboxylic acids is 2. The monoisotopic (exact) mass is 610 g/mol. The predicted octanol–water partition coefficient (Wildman–Crippen LogP) is 1.28. The summed E-state index contributed by atoms with van der Waals surface area (Å²) in [6.45, 7) is 3.10. The molecule has 1 aromatic carbocycles. The number of hydrogen-bond acceptors (Lipinski definition) is 10. The number of carboxylic acids is 7. The number of carboxylic acid groups (broad SMARTS) is 7. The molecule has 0 saturated heterocycles. The van der Waals surface area contributed by atoms with Gasteiger partial charge in [-0.05, 0) is 50.5 Å². The Morgan fingerprint density at radius 2 is 0.833 bits per heavy atom. The van der Waals surface area contributed by atoms with E-state index < -0.39 is 54.2 Å². The van der Waals surface area contributed by atoms with Gasteiger partial charge in [0.1, 0.15) is 6.10 Å². The zero-order chi connectivity index (χ0) is 33.8. The lowest BCUT2D eigenvalue weighted by Crippen LogP contribution is -2.13. The minimum Gasteiger partial charge on any atom is -0.481 e. The van der Waals surface area contributed by atoms with Crippen LogP contribution in [-0.2, 0) is 24.0 Å². The number of unbranched alkanes of at least 4 members (excludes halogenated alkanes) is 1. The molecular formula is C25H38O17. The van der Waals surface area contributed by atoms with Gasteiger partial charge in [0.2, 0.25) is 0 Å². The molecule has 10 N–H and O–H groups in total. The Labute approximate surface area is 239 Å². The maximum atomic E-state index is 10.3. The van der Waals surface area contributed by atoms with Crippen LogP contribution < -0.4 is 0 Å². The Balaban J connectivity index is -0.000000221. The highest BCUT2D eigenvalue weighted by atomic mass is 16.5. The first-order valence-electron chi connectivity index (χ1n) is 12.0. The summed E-state index contributed by atoms with van der Waals surface area (Å²) < 4.78 is 0. The summed E-state index contributed by atoms with van der Waals surface area (Å²) in [5.74, 6) is -7.20. The SMILES string of the molecule is CC(O)C(=O)O.CCCC(O)O.O=C(O)CCC(=O)O.O=C(O)CCCCC(=O)O.O=C(O)c1ccc(C(=O)O)cc1. The van der Waals surface area contributed by atoms with Gasteiger partial charge in [-0.25, -0.2) is 14.4 Å². The van der Waals surface area contributed by atoms with Crippen LogP contribution in [0.4, 0.5) is 0 Å². The van der Waals surface area contributed by atoms with E-state index in [9.17, 15) is 33.6 Å². The van der Waals surface area contributed by atoms with Crippen molar-refractivity contribution < 1.29 is 84.6 Å². The molecule has 1 rings (SSSR count). The number of carbonyl (C=O) groups is 7. The van der Waals surface area contributed by atoms with Crippen molar-refractivity contribution in [3.63, 3.8) is 0 Å². The van der Waals surface area contributed by atoms with Crippen LogP contribution in [0.2, 0.25) is 0 Å². The number of aliphatic carboxylic acids is 5. The van der Waals surface area contributed by atoms with Crippen LogP contribution in [0.15, 0.2) is 24.3 Å².